The average molecular weight is 280 g/mol. The zero-order chi connectivity index (χ0) is 13.5. The van der Waals surface area contributed by atoms with Gasteiger partial charge in [0.1, 0.15) is 10.5 Å². The fourth-order valence-electron chi connectivity index (χ4n) is 2.62. The molecule has 102 valence electrons. The highest BCUT2D eigenvalue weighted by Crippen LogP contribution is 2.28. The molecule has 3 heterocycles. The fourth-order valence-corrected chi connectivity index (χ4v) is 3.38. The minimum Gasteiger partial charge on any atom is -0.323 e. The smallest absolute Gasteiger partial charge is 0.323 e. The van der Waals surface area contributed by atoms with Crippen LogP contribution < -0.4 is 10.6 Å². The fraction of sp³-hybridized carbons (Fsp3) is 0.583. The average Bonchev–Trinajstić information content (AvgIpc) is 2.89. The molecule has 2 fully saturated rings. The molecule has 1 aromatic rings. The van der Waals surface area contributed by atoms with E-state index in [9.17, 15) is 9.59 Å². The van der Waals surface area contributed by atoms with E-state index in [1.165, 1.54) is 16.2 Å². The van der Waals surface area contributed by atoms with Gasteiger partial charge in [-0.1, -0.05) is 0 Å². The number of nitrogens with zero attached hydrogens (tertiary/aromatic N) is 2. The molecule has 0 saturated carbocycles. The number of carbonyl (C=O) groups excluding carboxylic acids is 2. The van der Waals surface area contributed by atoms with Gasteiger partial charge in [-0.2, -0.15) is 0 Å². The maximum absolute atomic E-state index is 12.5. The molecular weight excluding hydrogens is 264 g/mol. The molecule has 2 aliphatic heterocycles. The summed E-state index contributed by atoms with van der Waals surface area (Å²) in [6.07, 6.45) is 1.32. The molecule has 1 spiro atoms. The van der Waals surface area contributed by atoms with Crippen molar-refractivity contribution >= 4 is 23.3 Å². The van der Waals surface area contributed by atoms with Gasteiger partial charge in [-0.05, 0) is 32.9 Å². The number of amides is 3. The Morgan fingerprint density at radius 3 is 2.79 bits per heavy atom. The summed E-state index contributed by atoms with van der Waals surface area (Å²) in [5.74, 6) is -0.105. The Bertz CT molecular complexity index is 522. The van der Waals surface area contributed by atoms with Crippen molar-refractivity contribution in [3.63, 3.8) is 0 Å². The van der Waals surface area contributed by atoms with Crippen molar-refractivity contribution < 1.29 is 9.59 Å². The second-order valence-corrected chi connectivity index (χ2v) is 5.98. The first kappa shape index (κ1) is 12.6. The van der Waals surface area contributed by atoms with Gasteiger partial charge >= 0.3 is 6.03 Å². The van der Waals surface area contributed by atoms with Crippen LogP contribution in [0.15, 0.2) is 5.38 Å². The zero-order valence-corrected chi connectivity index (χ0v) is 11.5. The van der Waals surface area contributed by atoms with E-state index >= 15 is 0 Å². The Morgan fingerprint density at radius 1 is 1.42 bits per heavy atom. The molecule has 7 heteroatoms. The van der Waals surface area contributed by atoms with Crippen molar-refractivity contribution in [3.05, 3.63) is 16.1 Å². The Balaban J connectivity index is 1.79. The highest BCUT2D eigenvalue weighted by atomic mass is 32.1. The monoisotopic (exact) mass is 280 g/mol. The van der Waals surface area contributed by atoms with Crippen molar-refractivity contribution in [3.8, 4) is 0 Å². The molecular formula is C12H16N4O2S. The van der Waals surface area contributed by atoms with Crippen molar-refractivity contribution in [1.29, 1.82) is 0 Å². The molecule has 1 aromatic heterocycles. The van der Waals surface area contributed by atoms with Crippen LogP contribution in [0, 0.1) is 6.92 Å². The topological polar surface area (TPSA) is 74.3 Å². The minimum atomic E-state index is -0.686. The Hall–Kier alpha value is -1.47. The maximum atomic E-state index is 12.5. The van der Waals surface area contributed by atoms with E-state index in [1.807, 2.05) is 12.3 Å². The number of rotatable bonds is 2. The van der Waals surface area contributed by atoms with Crippen LogP contribution in [0.3, 0.4) is 0 Å². The predicted octanol–water partition coefficient (Wildman–Crippen LogP) is 0.626. The van der Waals surface area contributed by atoms with Crippen LogP contribution in [0.1, 0.15) is 23.5 Å². The molecule has 0 aromatic carbocycles. The number of carbonyl (C=O) groups is 2. The van der Waals surface area contributed by atoms with Gasteiger partial charge in [0.15, 0.2) is 0 Å². The minimum absolute atomic E-state index is 0.105. The lowest BCUT2D eigenvalue weighted by atomic mass is 9.88. The number of thiazole rings is 1. The van der Waals surface area contributed by atoms with Gasteiger partial charge in [0.05, 0.1) is 6.54 Å². The first-order valence-corrected chi connectivity index (χ1v) is 7.24. The van der Waals surface area contributed by atoms with Crippen LogP contribution in [0.2, 0.25) is 0 Å². The standard InChI is InChI=1S/C12H16N4O2S/c1-8-7-19-9(14-8)6-16-10(17)12(15-11(16)18)2-4-13-5-3-12/h7,13H,2-6H2,1H3,(H,15,18). The Kier molecular flexibility index (Phi) is 3.02. The number of urea groups is 1. The van der Waals surface area contributed by atoms with Gasteiger partial charge in [-0.3, -0.25) is 9.69 Å². The summed E-state index contributed by atoms with van der Waals surface area (Å²) >= 11 is 1.48. The normalized spacial score (nSPS) is 22.1. The Morgan fingerprint density at radius 2 is 2.16 bits per heavy atom. The highest BCUT2D eigenvalue weighted by molar-refractivity contribution is 7.09. The summed E-state index contributed by atoms with van der Waals surface area (Å²) in [4.78, 5) is 30.1. The molecule has 0 bridgehead atoms. The van der Waals surface area contributed by atoms with Gasteiger partial charge in [0.2, 0.25) is 0 Å². The van der Waals surface area contributed by atoms with E-state index in [1.54, 1.807) is 0 Å². The van der Waals surface area contributed by atoms with Gasteiger partial charge < -0.3 is 10.6 Å². The number of aromatic nitrogens is 1. The molecule has 0 atom stereocenters. The Labute approximate surface area is 115 Å². The summed E-state index contributed by atoms with van der Waals surface area (Å²) < 4.78 is 0. The molecule has 0 radical (unpaired) electrons. The third-order valence-electron chi connectivity index (χ3n) is 3.66. The van der Waals surface area contributed by atoms with Crippen molar-refractivity contribution in [1.82, 2.24) is 20.5 Å². The maximum Gasteiger partial charge on any atom is 0.325 e. The van der Waals surface area contributed by atoms with E-state index in [2.05, 4.69) is 15.6 Å². The number of aryl methyl sites for hydroxylation is 1. The first-order chi connectivity index (χ1) is 9.11. The van der Waals surface area contributed by atoms with Gasteiger partial charge in [-0.25, -0.2) is 9.78 Å². The SMILES string of the molecule is Cc1csc(CN2C(=O)NC3(CCNCC3)C2=O)n1. The van der Waals surface area contributed by atoms with Crippen LogP contribution in [-0.2, 0) is 11.3 Å². The summed E-state index contributed by atoms with van der Waals surface area (Å²) in [5, 5.41) is 8.80. The zero-order valence-electron chi connectivity index (χ0n) is 10.7. The second-order valence-electron chi connectivity index (χ2n) is 5.04. The van der Waals surface area contributed by atoms with Crippen LogP contribution in [-0.4, -0.2) is 40.5 Å². The lowest BCUT2D eigenvalue weighted by Gasteiger charge is -2.30. The van der Waals surface area contributed by atoms with E-state index < -0.39 is 5.54 Å². The lowest BCUT2D eigenvalue weighted by Crippen LogP contribution is -2.53. The van der Waals surface area contributed by atoms with Crippen molar-refractivity contribution in [2.75, 3.05) is 13.1 Å². The largest absolute Gasteiger partial charge is 0.325 e. The van der Waals surface area contributed by atoms with Crippen molar-refractivity contribution in [2.45, 2.75) is 31.8 Å². The highest BCUT2D eigenvalue weighted by Gasteiger charge is 2.51. The molecule has 2 aliphatic rings. The number of piperidine rings is 1. The molecule has 2 N–H and O–H groups in total. The third kappa shape index (κ3) is 2.12. The molecule has 3 rings (SSSR count). The van der Waals surface area contributed by atoms with Gasteiger partial charge in [0.25, 0.3) is 5.91 Å². The van der Waals surface area contributed by atoms with Crippen LogP contribution >= 0.6 is 11.3 Å². The lowest BCUT2D eigenvalue weighted by molar-refractivity contribution is -0.132. The number of imide groups is 1. The molecule has 3 amide bonds. The number of hydrogen-bond acceptors (Lipinski definition) is 5. The third-order valence-corrected chi connectivity index (χ3v) is 4.61. The van der Waals surface area contributed by atoms with Gasteiger partial charge in [0, 0.05) is 11.1 Å². The summed E-state index contributed by atoms with van der Waals surface area (Å²) in [7, 11) is 0. The summed E-state index contributed by atoms with van der Waals surface area (Å²) in [5.41, 5.74) is 0.234. The summed E-state index contributed by atoms with van der Waals surface area (Å²) in [6.45, 7) is 3.70. The molecule has 6 nitrogen and oxygen atoms in total. The number of nitrogens with one attached hydrogen (secondary N) is 2. The van der Waals surface area contributed by atoms with Crippen LogP contribution in [0.4, 0.5) is 4.79 Å². The van der Waals surface area contributed by atoms with Gasteiger partial charge in [-0.15, -0.1) is 11.3 Å². The molecule has 2 saturated heterocycles. The molecule has 19 heavy (non-hydrogen) atoms. The summed E-state index contributed by atoms with van der Waals surface area (Å²) in [6, 6.07) is -0.292. The number of hydrogen-bond donors (Lipinski definition) is 2. The van der Waals surface area contributed by atoms with E-state index in [-0.39, 0.29) is 18.5 Å². The molecule has 0 aliphatic carbocycles. The van der Waals surface area contributed by atoms with Crippen LogP contribution in [0.5, 0.6) is 0 Å². The van der Waals surface area contributed by atoms with Crippen LogP contribution in [0.25, 0.3) is 0 Å². The van der Waals surface area contributed by atoms with E-state index in [4.69, 9.17) is 0 Å². The second kappa shape index (κ2) is 4.57. The van der Waals surface area contributed by atoms with Crippen molar-refractivity contribution in [2.24, 2.45) is 0 Å². The van der Waals surface area contributed by atoms with E-state index in [0.717, 1.165) is 23.8 Å². The predicted molar refractivity (Wildman–Crippen MR) is 70.8 cm³/mol. The molecule has 0 unspecified atom stereocenters. The first-order valence-electron chi connectivity index (χ1n) is 6.37. The quantitative estimate of drug-likeness (QED) is 0.779. The van der Waals surface area contributed by atoms with E-state index in [0.29, 0.717) is 12.8 Å².